The maximum absolute atomic E-state index is 11.7. The molecule has 2 rings (SSSR count). The lowest BCUT2D eigenvalue weighted by Gasteiger charge is -2.10. The van der Waals surface area contributed by atoms with Gasteiger partial charge in [-0.15, -0.1) is 0 Å². The first-order chi connectivity index (χ1) is 8.53. The Morgan fingerprint density at radius 1 is 1.11 bits per heavy atom. The van der Waals surface area contributed by atoms with Crippen molar-refractivity contribution in [2.75, 3.05) is 17.7 Å². The van der Waals surface area contributed by atoms with Gasteiger partial charge in [-0.25, -0.2) is 4.79 Å². The van der Waals surface area contributed by atoms with Gasteiger partial charge in [0.15, 0.2) is 0 Å². The van der Waals surface area contributed by atoms with Crippen molar-refractivity contribution < 1.29 is 9.59 Å². The molecule has 5 N–H and O–H groups in total. The number of nitrogens with one attached hydrogen (secondary N) is 3. The maximum atomic E-state index is 11.7. The monoisotopic (exact) mass is 248 g/mol. The van der Waals surface area contributed by atoms with E-state index < -0.39 is 5.54 Å². The number of amides is 3. The Labute approximate surface area is 105 Å². The molecular weight excluding hydrogens is 232 g/mol. The number of carbonyl (C=O) groups is 2. The van der Waals surface area contributed by atoms with E-state index in [0.29, 0.717) is 11.4 Å². The summed E-state index contributed by atoms with van der Waals surface area (Å²) in [6, 6.07) is 6.57. The van der Waals surface area contributed by atoms with Crippen LogP contribution in [0.3, 0.4) is 0 Å². The maximum Gasteiger partial charge on any atom is 0.318 e. The standard InChI is InChI=1S/C12H16N4O2/c1-14-11(18)16-9-4-2-8(3-5-9)15-10(17)12(13)6-7-12/h2-5H,6-7,13H2,1H3,(H,15,17)(H2,14,16,18). The summed E-state index contributed by atoms with van der Waals surface area (Å²) < 4.78 is 0. The molecule has 0 aromatic heterocycles. The highest BCUT2D eigenvalue weighted by Gasteiger charge is 2.45. The van der Waals surface area contributed by atoms with Gasteiger partial charge in [0.25, 0.3) is 0 Å². The second-order valence-corrected chi connectivity index (χ2v) is 4.39. The zero-order valence-corrected chi connectivity index (χ0v) is 10.1. The van der Waals surface area contributed by atoms with Crippen LogP contribution in [0, 0.1) is 0 Å². The van der Waals surface area contributed by atoms with Crippen LogP contribution in [-0.4, -0.2) is 24.5 Å². The molecule has 0 heterocycles. The fraction of sp³-hybridized carbons (Fsp3) is 0.333. The molecule has 1 aliphatic rings. The normalized spacial score (nSPS) is 15.7. The highest BCUT2D eigenvalue weighted by atomic mass is 16.2. The molecule has 1 saturated carbocycles. The first-order valence-electron chi connectivity index (χ1n) is 5.73. The Kier molecular flexibility index (Phi) is 3.20. The van der Waals surface area contributed by atoms with E-state index in [9.17, 15) is 9.59 Å². The first kappa shape index (κ1) is 12.4. The topological polar surface area (TPSA) is 96.2 Å². The summed E-state index contributed by atoms with van der Waals surface area (Å²) >= 11 is 0. The third-order valence-corrected chi connectivity index (χ3v) is 2.87. The third-order valence-electron chi connectivity index (χ3n) is 2.87. The summed E-state index contributed by atoms with van der Waals surface area (Å²) in [7, 11) is 1.54. The van der Waals surface area contributed by atoms with Gasteiger partial charge in [-0.3, -0.25) is 4.79 Å². The molecule has 0 spiro atoms. The van der Waals surface area contributed by atoms with Gasteiger partial charge in [0.1, 0.15) is 0 Å². The molecule has 3 amide bonds. The van der Waals surface area contributed by atoms with Gasteiger partial charge < -0.3 is 21.7 Å². The van der Waals surface area contributed by atoms with Crippen molar-refractivity contribution >= 4 is 23.3 Å². The van der Waals surface area contributed by atoms with Crippen LogP contribution in [0.5, 0.6) is 0 Å². The van der Waals surface area contributed by atoms with Gasteiger partial charge in [-0.2, -0.15) is 0 Å². The summed E-state index contributed by atoms with van der Waals surface area (Å²) in [5.74, 6) is -0.158. The van der Waals surface area contributed by atoms with Crippen molar-refractivity contribution in [2.24, 2.45) is 5.73 Å². The Morgan fingerprint density at radius 3 is 2.06 bits per heavy atom. The lowest BCUT2D eigenvalue weighted by Crippen LogP contribution is -2.37. The number of rotatable bonds is 3. The van der Waals surface area contributed by atoms with E-state index in [0.717, 1.165) is 12.8 Å². The highest BCUT2D eigenvalue weighted by molar-refractivity contribution is 6.00. The van der Waals surface area contributed by atoms with Crippen molar-refractivity contribution in [3.63, 3.8) is 0 Å². The quantitative estimate of drug-likeness (QED) is 0.639. The van der Waals surface area contributed by atoms with Gasteiger partial charge in [0.05, 0.1) is 5.54 Å². The molecule has 1 aromatic carbocycles. The fourth-order valence-electron chi connectivity index (χ4n) is 1.45. The third kappa shape index (κ3) is 2.78. The Hall–Kier alpha value is -2.08. The molecule has 1 aliphatic carbocycles. The minimum absolute atomic E-state index is 0.158. The van der Waals surface area contributed by atoms with Crippen molar-refractivity contribution in [1.29, 1.82) is 0 Å². The van der Waals surface area contributed by atoms with Gasteiger partial charge in [-0.05, 0) is 37.1 Å². The summed E-state index contributed by atoms with van der Waals surface area (Å²) in [5, 5.41) is 7.83. The Bertz CT molecular complexity index is 465. The van der Waals surface area contributed by atoms with Crippen molar-refractivity contribution in [1.82, 2.24) is 5.32 Å². The molecule has 1 fully saturated rings. The molecule has 0 atom stereocenters. The Balaban J connectivity index is 1.95. The molecule has 6 nitrogen and oxygen atoms in total. The summed E-state index contributed by atoms with van der Waals surface area (Å²) in [4.78, 5) is 22.8. The SMILES string of the molecule is CNC(=O)Nc1ccc(NC(=O)C2(N)CC2)cc1. The van der Waals surface area contributed by atoms with E-state index in [1.165, 1.54) is 0 Å². The number of carbonyl (C=O) groups excluding carboxylic acids is 2. The average molecular weight is 248 g/mol. The largest absolute Gasteiger partial charge is 0.341 e. The van der Waals surface area contributed by atoms with Gasteiger partial charge in [-0.1, -0.05) is 0 Å². The zero-order valence-electron chi connectivity index (χ0n) is 10.1. The predicted molar refractivity (Wildman–Crippen MR) is 69.3 cm³/mol. The average Bonchev–Trinajstić information content (AvgIpc) is 3.11. The number of hydrogen-bond acceptors (Lipinski definition) is 3. The van der Waals surface area contributed by atoms with Crippen LogP contribution in [0.4, 0.5) is 16.2 Å². The van der Waals surface area contributed by atoms with E-state index in [2.05, 4.69) is 16.0 Å². The molecule has 1 aromatic rings. The second-order valence-electron chi connectivity index (χ2n) is 4.39. The van der Waals surface area contributed by atoms with E-state index >= 15 is 0 Å². The van der Waals surface area contributed by atoms with E-state index in [-0.39, 0.29) is 11.9 Å². The van der Waals surface area contributed by atoms with E-state index in [4.69, 9.17) is 5.73 Å². The molecule has 0 aliphatic heterocycles. The van der Waals surface area contributed by atoms with Crippen LogP contribution in [-0.2, 0) is 4.79 Å². The van der Waals surface area contributed by atoms with Crippen molar-refractivity contribution in [3.8, 4) is 0 Å². The van der Waals surface area contributed by atoms with Crippen LogP contribution >= 0.6 is 0 Å². The van der Waals surface area contributed by atoms with Gasteiger partial charge in [0, 0.05) is 18.4 Å². The lowest BCUT2D eigenvalue weighted by molar-refractivity contribution is -0.118. The lowest BCUT2D eigenvalue weighted by atomic mass is 10.2. The van der Waals surface area contributed by atoms with Crippen LogP contribution in [0.15, 0.2) is 24.3 Å². The van der Waals surface area contributed by atoms with Crippen molar-refractivity contribution in [3.05, 3.63) is 24.3 Å². The summed E-state index contributed by atoms with van der Waals surface area (Å²) in [6.07, 6.45) is 1.46. The number of hydrogen-bond donors (Lipinski definition) is 4. The minimum atomic E-state index is -0.682. The summed E-state index contributed by atoms with van der Waals surface area (Å²) in [6.45, 7) is 0. The molecule has 0 radical (unpaired) electrons. The number of nitrogens with two attached hydrogens (primary N) is 1. The molecule has 0 unspecified atom stereocenters. The molecule has 18 heavy (non-hydrogen) atoms. The van der Waals surface area contributed by atoms with Crippen molar-refractivity contribution in [2.45, 2.75) is 18.4 Å². The Morgan fingerprint density at radius 2 is 1.61 bits per heavy atom. The highest BCUT2D eigenvalue weighted by Crippen LogP contribution is 2.33. The van der Waals surface area contributed by atoms with Crippen LogP contribution < -0.4 is 21.7 Å². The number of urea groups is 1. The minimum Gasteiger partial charge on any atom is -0.341 e. The zero-order chi connectivity index (χ0) is 13.2. The second kappa shape index (κ2) is 4.66. The van der Waals surface area contributed by atoms with Crippen LogP contribution in [0.25, 0.3) is 0 Å². The van der Waals surface area contributed by atoms with Gasteiger partial charge in [0.2, 0.25) is 5.91 Å². The fourth-order valence-corrected chi connectivity index (χ4v) is 1.45. The molecule has 0 saturated heterocycles. The summed E-state index contributed by atoms with van der Waals surface area (Å²) in [5.41, 5.74) is 6.41. The molecule has 0 bridgehead atoms. The first-order valence-corrected chi connectivity index (χ1v) is 5.73. The van der Waals surface area contributed by atoms with E-state index in [1.54, 1.807) is 31.3 Å². The molecular formula is C12H16N4O2. The predicted octanol–water partition coefficient (Wildman–Crippen LogP) is 0.868. The molecule has 6 heteroatoms. The van der Waals surface area contributed by atoms with Crippen LogP contribution in [0.2, 0.25) is 0 Å². The van der Waals surface area contributed by atoms with Gasteiger partial charge >= 0.3 is 6.03 Å². The smallest absolute Gasteiger partial charge is 0.318 e. The number of anilines is 2. The van der Waals surface area contributed by atoms with Crippen LogP contribution in [0.1, 0.15) is 12.8 Å². The van der Waals surface area contributed by atoms with E-state index in [1.807, 2.05) is 0 Å². The number of benzene rings is 1. The molecule has 96 valence electrons.